The molecule has 1 aromatic heterocycles. The Morgan fingerprint density at radius 2 is 2.06 bits per heavy atom. The van der Waals surface area contributed by atoms with Crippen LogP contribution in [0.25, 0.3) is 11.3 Å². The summed E-state index contributed by atoms with van der Waals surface area (Å²) < 4.78 is 25.4. The lowest BCUT2D eigenvalue weighted by Gasteiger charge is -2.39. The van der Waals surface area contributed by atoms with E-state index in [9.17, 15) is 9.59 Å². The third kappa shape index (κ3) is 5.01. The second kappa shape index (κ2) is 9.91. The van der Waals surface area contributed by atoms with Gasteiger partial charge in [-0.15, -0.1) is 0 Å². The van der Waals surface area contributed by atoms with Gasteiger partial charge in [-0.25, -0.2) is 4.79 Å². The molecule has 188 valence electrons. The van der Waals surface area contributed by atoms with Crippen LogP contribution in [0.2, 0.25) is 0 Å². The maximum absolute atomic E-state index is 12.8. The van der Waals surface area contributed by atoms with E-state index in [2.05, 4.69) is 16.0 Å². The number of aryl methyl sites for hydroxylation is 1. The molecule has 0 saturated carbocycles. The highest BCUT2D eigenvalue weighted by molar-refractivity contribution is 5.75. The lowest BCUT2D eigenvalue weighted by molar-refractivity contribution is -0.102. The lowest BCUT2D eigenvalue weighted by Crippen LogP contribution is -2.59. The predicted molar refractivity (Wildman–Crippen MR) is 130 cm³/mol. The summed E-state index contributed by atoms with van der Waals surface area (Å²) in [6.45, 7) is 9.60. The van der Waals surface area contributed by atoms with Gasteiger partial charge in [-0.1, -0.05) is 0 Å². The highest BCUT2D eigenvalue weighted by atomic mass is 16.6. The maximum Gasteiger partial charge on any atom is 0.317 e. The third-order valence-corrected chi connectivity index (χ3v) is 6.60. The largest absolute Gasteiger partial charge is 0.487 e. The van der Waals surface area contributed by atoms with E-state index >= 15 is 0 Å². The van der Waals surface area contributed by atoms with E-state index in [1.807, 2.05) is 32.9 Å². The van der Waals surface area contributed by atoms with Crippen molar-refractivity contribution in [3.05, 3.63) is 45.6 Å². The van der Waals surface area contributed by atoms with Crippen LogP contribution in [-0.2, 0) is 22.4 Å². The van der Waals surface area contributed by atoms with E-state index in [0.29, 0.717) is 57.5 Å². The molecule has 4 heterocycles. The van der Waals surface area contributed by atoms with Gasteiger partial charge in [0.2, 0.25) is 0 Å². The second-order valence-corrected chi connectivity index (χ2v) is 9.67. The van der Waals surface area contributed by atoms with Crippen molar-refractivity contribution < 1.29 is 23.7 Å². The van der Waals surface area contributed by atoms with Crippen LogP contribution >= 0.6 is 0 Å². The smallest absolute Gasteiger partial charge is 0.317 e. The molecule has 2 saturated heterocycles. The SMILES string of the molecule is Cc1c2n(c(OC[C@@H]3COCCO3)cc1=O)CCc1cc(OC3CN(C(=O)NC(C)C)C3)ccc1-2. The molecule has 2 amide bonds. The van der Waals surface area contributed by atoms with Gasteiger partial charge < -0.3 is 33.7 Å². The highest BCUT2D eigenvalue weighted by Crippen LogP contribution is 2.36. The quantitative estimate of drug-likeness (QED) is 0.678. The fraction of sp³-hybridized carbons (Fsp3) is 0.538. The molecule has 9 nitrogen and oxygen atoms in total. The number of urea groups is 1. The molecular weight excluding hydrogens is 450 g/mol. The van der Waals surface area contributed by atoms with E-state index in [4.69, 9.17) is 18.9 Å². The predicted octanol–water partition coefficient (Wildman–Crippen LogP) is 2.36. The van der Waals surface area contributed by atoms with E-state index < -0.39 is 0 Å². The van der Waals surface area contributed by atoms with Gasteiger partial charge in [-0.05, 0) is 51.0 Å². The van der Waals surface area contributed by atoms with Crippen LogP contribution in [0.5, 0.6) is 11.6 Å². The number of benzene rings is 1. The number of hydrogen-bond acceptors (Lipinski definition) is 6. The zero-order valence-corrected chi connectivity index (χ0v) is 20.5. The zero-order chi connectivity index (χ0) is 24.5. The van der Waals surface area contributed by atoms with Gasteiger partial charge in [0.05, 0.1) is 38.6 Å². The molecule has 0 unspecified atom stereocenters. The summed E-state index contributed by atoms with van der Waals surface area (Å²) in [5, 5.41) is 2.90. The van der Waals surface area contributed by atoms with Crippen LogP contribution in [-0.4, -0.2) is 73.3 Å². The van der Waals surface area contributed by atoms with Crippen LogP contribution in [0.15, 0.2) is 29.1 Å². The molecule has 1 aromatic carbocycles. The summed E-state index contributed by atoms with van der Waals surface area (Å²) in [6.07, 6.45) is 0.650. The number of hydrogen-bond donors (Lipinski definition) is 1. The normalized spacial score (nSPS) is 19.5. The molecule has 2 fully saturated rings. The number of nitrogens with zero attached hydrogens (tertiary/aromatic N) is 2. The summed E-state index contributed by atoms with van der Waals surface area (Å²) >= 11 is 0. The number of likely N-dealkylation sites (tertiary alicyclic amines) is 1. The third-order valence-electron chi connectivity index (χ3n) is 6.60. The molecule has 0 radical (unpaired) electrons. The first-order valence-corrected chi connectivity index (χ1v) is 12.3. The summed E-state index contributed by atoms with van der Waals surface area (Å²) in [5.41, 5.74) is 3.71. The van der Waals surface area contributed by atoms with Crippen LogP contribution in [0.3, 0.4) is 0 Å². The van der Waals surface area contributed by atoms with E-state index in [1.165, 1.54) is 0 Å². The minimum Gasteiger partial charge on any atom is -0.487 e. The summed E-state index contributed by atoms with van der Waals surface area (Å²) in [7, 11) is 0. The summed E-state index contributed by atoms with van der Waals surface area (Å²) in [4.78, 5) is 26.6. The monoisotopic (exact) mass is 483 g/mol. The van der Waals surface area contributed by atoms with Crippen molar-refractivity contribution in [2.24, 2.45) is 0 Å². The highest BCUT2D eigenvalue weighted by Gasteiger charge is 2.33. The molecule has 1 atom stereocenters. The number of fused-ring (bicyclic) bond motifs is 3. The van der Waals surface area contributed by atoms with Crippen molar-refractivity contribution in [3.8, 4) is 22.9 Å². The Morgan fingerprint density at radius 3 is 2.80 bits per heavy atom. The van der Waals surface area contributed by atoms with Crippen LogP contribution < -0.4 is 20.2 Å². The maximum atomic E-state index is 12.8. The number of amides is 2. The van der Waals surface area contributed by atoms with Gasteiger partial charge in [0.15, 0.2) is 11.3 Å². The topological polar surface area (TPSA) is 91.3 Å². The molecule has 3 aliphatic heterocycles. The first-order valence-electron chi connectivity index (χ1n) is 12.3. The first-order chi connectivity index (χ1) is 16.9. The van der Waals surface area contributed by atoms with Crippen molar-refractivity contribution >= 4 is 6.03 Å². The summed E-state index contributed by atoms with van der Waals surface area (Å²) in [5.74, 6) is 1.35. The molecule has 0 aliphatic carbocycles. The molecule has 3 aliphatic rings. The average molecular weight is 484 g/mol. The van der Waals surface area contributed by atoms with Crippen molar-refractivity contribution in [3.63, 3.8) is 0 Å². The molecular formula is C26H33N3O6. The minimum absolute atomic E-state index is 0.0165. The first kappa shape index (κ1) is 23.7. The fourth-order valence-electron chi connectivity index (χ4n) is 4.75. The molecule has 0 bridgehead atoms. The molecule has 1 N–H and O–H groups in total. The minimum atomic E-state index is -0.133. The van der Waals surface area contributed by atoms with Crippen molar-refractivity contribution in [1.29, 1.82) is 0 Å². The molecule has 5 rings (SSSR count). The number of aromatic nitrogens is 1. The Balaban J connectivity index is 1.30. The van der Waals surface area contributed by atoms with Crippen LogP contribution in [0.4, 0.5) is 4.79 Å². The van der Waals surface area contributed by atoms with Crippen LogP contribution in [0.1, 0.15) is 25.0 Å². The van der Waals surface area contributed by atoms with Gasteiger partial charge in [0.25, 0.3) is 0 Å². The average Bonchev–Trinajstić information content (AvgIpc) is 2.82. The number of pyridine rings is 1. The number of carbonyl (C=O) groups is 1. The summed E-state index contributed by atoms with van der Waals surface area (Å²) in [6, 6.07) is 7.65. The molecule has 9 heteroatoms. The lowest BCUT2D eigenvalue weighted by atomic mass is 9.94. The Bertz CT molecular complexity index is 1150. The van der Waals surface area contributed by atoms with E-state index in [1.54, 1.807) is 11.0 Å². The van der Waals surface area contributed by atoms with E-state index in [-0.39, 0.29) is 29.7 Å². The number of ether oxygens (including phenoxy) is 4. The van der Waals surface area contributed by atoms with Crippen LogP contribution in [0, 0.1) is 6.92 Å². The van der Waals surface area contributed by atoms with E-state index in [0.717, 1.165) is 29.0 Å². The van der Waals surface area contributed by atoms with Crippen molar-refractivity contribution in [2.75, 3.05) is 39.5 Å². The Morgan fingerprint density at radius 1 is 1.23 bits per heavy atom. The number of nitrogens with one attached hydrogen (secondary N) is 1. The Hall–Kier alpha value is -3.04. The van der Waals surface area contributed by atoms with Gasteiger partial charge in [0, 0.05) is 29.8 Å². The fourth-order valence-corrected chi connectivity index (χ4v) is 4.75. The van der Waals surface area contributed by atoms with Crippen molar-refractivity contribution in [2.45, 2.75) is 52.0 Å². The Kier molecular flexibility index (Phi) is 6.71. The second-order valence-electron chi connectivity index (χ2n) is 9.67. The molecule has 0 spiro atoms. The number of carbonyl (C=O) groups excluding carboxylic acids is 1. The van der Waals surface area contributed by atoms with Crippen molar-refractivity contribution in [1.82, 2.24) is 14.8 Å². The zero-order valence-electron chi connectivity index (χ0n) is 20.5. The van der Waals surface area contributed by atoms with Gasteiger partial charge >= 0.3 is 6.03 Å². The van der Waals surface area contributed by atoms with Gasteiger partial charge in [-0.2, -0.15) is 0 Å². The standard InChI is InChI=1S/C26H33N3O6/c1-16(2)27-26(31)28-12-20(13-28)35-19-4-5-22-18(10-19)6-7-29-24(11-23(30)17(3)25(22)29)34-15-21-14-32-8-9-33-21/h4-5,10-11,16,20-21H,6-9,12-15H2,1-3H3,(H,27,31)/t21-/m0/s1. The van der Waals surface area contributed by atoms with Gasteiger partial charge in [-0.3, -0.25) is 4.79 Å². The number of rotatable bonds is 6. The molecule has 35 heavy (non-hydrogen) atoms. The van der Waals surface area contributed by atoms with Gasteiger partial charge in [0.1, 0.15) is 24.6 Å². The molecule has 2 aromatic rings. The Labute approximate surface area is 204 Å².